The minimum absolute atomic E-state index is 0.439. The molecule has 2 aromatic rings. The van der Waals surface area contributed by atoms with E-state index in [1.807, 2.05) is 10.9 Å². The fourth-order valence-corrected chi connectivity index (χ4v) is 2.35. The first-order chi connectivity index (χ1) is 8.25. The lowest BCUT2D eigenvalue weighted by Crippen LogP contribution is -2.17. The third-order valence-electron chi connectivity index (χ3n) is 2.67. The normalized spacial score (nSPS) is 11.2. The molecule has 0 radical (unpaired) electrons. The third kappa shape index (κ3) is 3.68. The van der Waals surface area contributed by atoms with Gasteiger partial charge in [-0.05, 0) is 55.3 Å². The molecule has 0 aliphatic carbocycles. The quantitative estimate of drug-likeness (QED) is 0.798. The Hall–Kier alpha value is -1.13. The van der Waals surface area contributed by atoms with Crippen molar-refractivity contribution in [2.75, 3.05) is 6.54 Å². The largest absolute Gasteiger partial charge is 0.311 e. The van der Waals surface area contributed by atoms with Gasteiger partial charge in [-0.3, -0.25) is 4.68 Å². The summed E-state index contributed by atoms with van der Waals surface area (Å²) in [5.41, 5.74) is 2.53. The van der Waals surface area contributed by atoms with E-state index in [0.29, 0.717) is 6.04 Å². The van der Waals surface area contributed by atoms with Crippen LogP contribution in [0.2, 0.25) is 0 Å². The number of nitrogens with zero attached hydrogens (tertiary/aromatic N) is 2. The zero-order chi connectivity index (χ0) is 12.1. The Morgan fingerprint density at radius 1 is 1.41 bits per heavy atom. The van der Waals surface area contributed by atoms with Gasteiger partial charge in [-0.2, -0.15) is 16.4 Å². The number of rotatable bonds is 6. The molecule has 0 aromatic carbocycles. The predicted octanol–water partition coefficient (Wildman–Crippen LogP) is 2.86. The molecule has 0 fully saturated rings. The molecular formula is C13H19N3S. The van der Waals surface area contributed by atoms with Gasteiger partial charge in [0.15, 0.2) is 0 Å². The van der Waals surface area contributed by atoms with Gasteiger partial charge < -0.3 is 5.32 Å². The maximum absolute atomic E-state index is 4.50. The first-order valence-electron chi connectivity index (χ1n) is 6.01. The number of hydrogen-bond donors (Lipinski definition) is 1. The van der Waals surface area contributed by atoms with Crippen LogP contribution in [0.5, 0.6) is 0 Å². The second-order valence-electron chi connectivity index (χ2n) is 4.44. The van der Waals surface area contributed by atoms with Crippen LogP contribution < -0.4 is 5.32 Å². The van der Waals surface area contributed by atoms with E-state index < -0.39 is 0 Å². The Bertz CT molecular complexity index is 431. The van der Waals surface area contributed by atoms with Crippen LogP contribution in [0.4, 0.5) is 0 Å². The predicted molar refractivity (Wildman–Crippen MR) is 72.3 cm³/mol. The van der Waals surface area contributed by atoms with Gasteiger partial charge in [0.05, 0.1) is 5.69 Å². The van der Waals surface area contributed by atoms with Crippen molar-refractivity contribution in [2.24, 2.45) is 0 Å². The molecule has 0 bridgehead atoms. The topological polar surface area (TPSA) is 29.9 Å². The summed E-state index contributed by atoms with van der Waals surface area (Å²) in [5.74, 6) is 0. The molecular weight excluding hydrogens is 230 g/mol. The average Bonchev–Trinajstić information content (AvgIpc) is 2.96. The minimum Gasteiger partial charge on any atom is -0.311 e. The summed E-state index contributed by atoms with van der Waals surface area (Å²) in [7, 11) is 0. The fourth-order valence-electron chi connectivity index (χ4n) is 1.64. The van der Waals surface area contributed by atoms with Crippen LogP contribution in [-0.2, 0) is 13.0 Å². The number of nitrogens with one attached hydrogen (secondary N) is 1. The van der Waals surface area contributed by atoms with Crippen LogP contribution in [-0.4, -0.2) is 16.3 Å². The second-order valence-corrected chi connectivity index (χ2v) is 5.22. The molecule has 1 N–H and O–H groups in total. The zero-order valence-corrected chi connectivity index (χ0v) is 11.2. The van der Waals surface area contributed by atoms with E-state index in [4.69, 9.17) is 0 Å². The van der Waals surface area contributed by atoms with Crippen LogP contribution in [0.15, 0.2) is 29.1 Å². The maximum atomic E-state index is 4.50. The van der Waals surface area contributed by atoms with Crippen molar-refractivity contribution in [3.05, 3.63) is 40.3 Å². The first-order valence-corrected chi connectivity index (χ1v) is 6.96. The Kier molecular flexibility index (Phi) is 4.34. The molecule has 0 aliphatic rings. The Morgan fingerprint density at radius 2 is 2.29 bits per heavy atom. The molecule has 17 heavy (non-hydrogen) atoms. The highest BCUT2D eigenvalue weighted by Crippen LogP contribution is 2.06. The summed E-state index contributed by atoms with van der Waals surface area (Å²) in [6.45, 7) is 6.14. The van der Waals surface area contributed by atoms with E-state index in [-0.39, 0.29) is 0 Å². The van der Waals surface area contributed by atoms with Gasteiger partial charge in [-0.15, -0.1) is 0 Å². The Labute approximate surface area is 106 Å². The van der Waals surface area contributed by atoms with Crippen LogP contribution in [0.3, 0.4) is 0 Å². The maximum Gasteiger partial charge on any atom is 0.0762 e. The molecule has 2 aromatic heterocycles. The molecule has 0 atom stereocenters. The highest BCUT2D eigenvalue weighted by Gasteiger charge is 2.01. The van der Waals surface area contributed by atoms with Crippen molar-refractivity contribution < 1.29 is 0 Å². The summed E-state index contributed by atoms with van der Waals surface area (Å²) < 4.78 is 2.00. The van der Waals surface area contributed by atoms with Crippen LogP contribution in [0, 0.1) is 0 Å². The lowest BCUT2D eigenvalue weighted by molar-refractivity contribution is 0.521. The molecule has 0 aliphatic heterocycles. The van der Waals surface area contributed by atoms with Crippen molar-refractivity contribution in [3.63, 3.8) is 0 Å². The third-order valence-corrected chi connectivity index (χ3v) is 3.40. The van der Waals surface area contributed by atoms with Crippen molar-refractivity contribution in [2.45, 2.75) is 32.9 Å². The SMILES string of the molecule is CC(C)n1ccc(CNCCc2ccsc2)n1. The van der Waals surface area contributed by atoms with E-state index >= 15 is 0 Å². The van der Waals surface area contributed by atoms with E-state index in [9.17, 15) is 0 Å². The van der Waals surface area contributed by atoms with Crippen LogP contribution >= 0.6 is 11.3 Å². The highest BCUT2D eigenvalue weighted by atomic mass is 32.1. The fraction of sp³-hybridized carbons (Fsp3) is 0.462. The highest BCUT2D eigenvalue weighted by molar-refractivity contribution is 7.07. The lowest BCUT2D eigenvalue weighted by Gasteiger charge is -2.04. The molecule has 92 valence electrons. The summed E-state index contributed by atoms with van der Waals surface area (Å²) in [6.07, 6.45) is 3.13. The number of hydrogen-bond acceptors (Lipinski definition) is 3. The van der Waals surface area contributed by atoms with Gasteiger partial charge in [-0.25, -0.2) is 0 Å². The zero-order valence-electron chi connectivity index (χ0n) is 10.4. The second kappa shape index (κ2) is 5.98. The van der Waals surface area contributed by atoms with Gasteiger partial charge >= 0.3 is 0 Å². The van der Waals surface area contributed by atoms with E-state index in [2.05, 4.69) is 47.2 Å². The van der Waals surface area contributed by atoms with Crippen molar-refractivity contribution in [1.82, 2.24) is 15.1 Å². The molecule has 0 saturated heterocycles. The monoisotopic (exact) mass is 249 g/mol. The summed E-state index contributed by atoms with van der Waals surface area (Å²) in [6, 6.07) is 4.70. The average molecular weight is 249 g/mol. The minimum atomic E-state index is 0.439. The van der Waals surface area contributed by atoms with Gasteiger partial charge in [0.2, 0.25) is 0 Å². The molecule has 2 rings (SSSR count). The lowest BCUT2D eigenvalue weighted by atomic mass is 10.2. The molecule has 3 nitrogen and oxygen atoms in total. The van der Waals surface area contributed by atoms with Crippen molar-refractivity contribution >= 4 is 11.3 Å². The van der Waals surface area contributed by atoms with Gasteiger partial charge in [0.1, 0.15) is 0 Å². The summed E-state index contributed by atoms with van der Waals surface area (Å²) in [4.78, 5) is 0. The molecule has 0 amide bonds. The number of aromatic nitrogens is 2. The van der Waals surface area contributed by atoms with Gasteiger partial charge in [0.25, 0.3) is 0 Å². The summed E-state index contributed by atoms with van der Waals surface area (Å²) >= 11 is 1.76. The smallest absolute Gasteiger partial charge is 0.0762 e. The van der Waals surface area contributed by atoms with E-state index in [1.54, 1.807) is 11.3 Å². The van der Waals surface area contributed by atoms with Crippen molar-refractivity contribution in [3.8, 4) is 0 Å². The molecule has 0 spiro atoms. The summed E-state index contributed by atoms with van der Waals surface area (Å²) in [5, 5.41) is 12.2. The standard InChI is InChI=1S/C13H19N3S/c1-11(2)16-7-4-13(15-16)9-14-6-3-12-5-8-17-10-12/h4-5,7-8,10-11,14H,3,6,9H2,1-2H3. The molecule has 0 unspecified atom stereocenters. The molecule has 4 heteroatoms. The van der Waals surface area contributed by atoms with Gasteiger partial charge in [0, 0.05) is 18.8 Å². The van der Waals surface area contributed by atoms with E-state index in [1.165, 1.54) is 5.56 Å². The Balaban J connectivity index is 1.71. The Morgan fingerprint density at radius 3 is 2.94 bits per heavy atom. The first kappa shape index (κ1) is 12.3. The van der Waals surface area contributed by atoms with Gasteiger partial charge in [-0.1, -0.05) is 0 Å². The molecule has 0 saturated carbocycles. The van der Waals surface area contributed by atoms with Crippen LogP contribution in [0.25, 0.3) is 0 Å². The van der Waals surface area contributed by atoms with E-state index in [0.717, 1.165) is 25.2 Å². The molecule has 2 heterocycles. The van der Waals surface area contributed by atoms with Crippen LogP contribution in [0.1, 0.15) is 31.1 Å². The van der Waals surface area contributed by atoms with Crippen molar-refractivity contribution in [1.29, 1.82) is 0 Å². The number of thiophene rings is 1.